The van der Waals surface area contributed by atoms with Crippen LogP contribution in [0.4, 0.5) is 0 Å². The Bertz CT molecular complexity index is 450. The number of Topliss-reactive ketones (excluding diaryl/α,β-unsaturated/α-hetero) is 1. The van der Waals surface area contributed by atoms with Crippen molar-refractivity contribution in [2.24, 2.45) is 0 Å². The van der Waals surface area contributed by atoms with E-state index < -0.39 is 5.60 Å². The summed E-state index contributed by atoms with van der Waals surface area (Å²) in [5.74, 6) is 0.405. The minimum Gasteiger partial charge on any atom is -0.487 e. The largest absolute Gasteiger partial charge is 0.487 e. The predicted octanol–water partition coefficient (Wildman–Crippen LogP) is 2.94. The number of nitrogens with zero attached hydrogens (tertiary/aromatic N) is 1. The molecule has 0 aliphatic heterocycles. The van der Waals surface area contributed by atoms with Gasteiger partial charge in [0.1, 0.15) is 11.4 Å². The summed E-state index contributed by atoms with van der Waals surface area (Å²) in [6, 6.07) is 6.87. The van der Waals surface area contributed by atoms with Gasteiger partial charge in [0.25, 0.3) is 0 Å². The number of nitriles is 1. The molecule has 0 fully saturated rings. The van der Waals surface area contributed by atoms with E-state index in [1.54, 1.807) is 18.2 Å². The molecule has 0 saturated heterocycles. The van der Waals surface area contributed by atoms with Crippen LogP contribution in [0.2, 0.25) is 0 Å². The third-order valence-electron chi connectivity index (χ3n) is 1.91. The third kappa shape index (κ3) is 3.09. The molecule has 0 unspecified atom stereocenters. The van der Waals surface area contributed by atoms with Gasteiger partial charge in [-0.1, -0.05) is 0 Å². The molecule has 3 heteroatoms. The summed E-state index contributed by atoms with van der Waals surface area (Å²) in [6.45, 7) is 7.18. The summed E-state index contributed by atoms with van der Waals surface area (Å²) in [6.07, 6.45) is 0. The first-order valence-corrected chi connectivity index (χ1v) is 5.07. The van der Waals surface area contributed by atoms with Gasteiger partial charge in [-0.05, 0) is 45.9 Å². The number of hydrogen-bond donors (Lipinski definition) is 0. The monoisotopic (exact) mass is 217 g/mol. The van der Waals surface area contributed by atoms with E-state index in [1.807, 2.05) is 26.8 Å². The molecule has 1 aromatic carbocycles. The number of hydrogen-bond acceptors (Lipinski definition) is 3. The highest BCUT2D eigenvalue weighted by atomic mass is 16.5. The van der Waals surface area contributed by atoms with E-state index in [4.69, 9.17) is 10.00 Å². The second kappa shape index (κ2) is 4.36. The molecule has 0 spiro atoms. The Morgan fingerprint density at radius 2 is 2.00 bits per heavy atom. The number of carbonyl (C=O) groups is 1. The summed E-state index contributed by atoms with van der Waals surface area (Å²) in [7, 11) is 0. The van der Waals surface area contributed by atoms with Crippen molar-refractivity contribution in [3.05, 3.63) is 29.3 Å². The molecule has 0 aliphatic carbocycles. The topological polar surface area (TPSA) is 50.1 Å². The van der Waals surface area contributed by atoms with Crippen LogP contribution in [0.25, 0.3) is 0 Å². The van der Waals surface area contributed by atoms with Crippen LogP contribution in [0.15, 0.2) is 18.2 Å². The standard InChI is InChI=1S/C13H15NO2/c1-9(15)11-6-5-10(8-14)7-12(11)16-13(2,3)4/h5-7H,1-4H3. The van der Waals surface area contributed by atoms with Crippen molar-refractivity contribution in [3.63, 3.8) is 0 Å². The van der Waals surface area contributed by atoms with E-state index in [9.17, 15) is 4.79 Å². The lowest BCUT2D eigenvalue weighted by atomic mass is 10.1. The van der Waals surface area contributed by atoms with Crippen LogP contribution in [0.5, 0.6) is 5.75 Å². The maximum atomic E-state index is 11.4. The summed E-state index contributed by atoms with van der Waals surface area (Å²) in [5, 5.41) is 8.80. The zero-order chi connectivity index (χ0) is 12.3. The summed E-state index contributed by atoms with van der Waals surface area (Å²) >= 11 is 0. The molecule has 16 heavy (non-hydrogen) atoms. The van der Waals surface area contributed by atoms with Crippen molar-refractivity contribution in [1.29, 1.82) is 5.26 Å². The van der Waals surface area contributed by atoms with Crippen LogP contribution in [-0.4, -0.2) is 11.4 Å². The molecule has 0 heterocycles. The van der Waals surface area contributed by atoms with Gasteiger partial charge in [-0.25, -0.2) is 0 Å². The molecule has 0 aliphatic rings. The molecule has 3 nitrogen and oxygen atoms in total. The number of rotatable bonds is 2. The molecular weight excluding hydrogens is 202 g/mol. The van der Waals surface area contributed by atoms with Crippen LogP contribution in [-0.2, 0) is 0 Å². The quantitative estimate of drug-likeness (QED) is 0.715. The van der Waals surface area contributed by atoms with Gasteiger partial charge in [0.15, 0.2) is 5.78 Å². The van der Waals surface area contributed by atoms with Gasteiger partial charge in [0, 0.05) is 0 Å². The van der Waals surface area contributed by atoms with Crippen molar-refractivity contribution >= 4 is 5.78 Å². The summed E-state index contributed by atoms with van der Waals surface area (Å²) in [4.78, 5) is 11.4. The van der Waals surface area contributed by atoms with Gasteiger partial charge in [-0.15, -0.1) is 0 Å². The Kier molecular flexibility index (Phi) is 3.34. The normalized spacial score (nSPS) is 10.7. The van der Waals surface area contributed by atoms with Crippen molar-refractivity contribution in [2.75, 3.05) is 0 Å². The fraction of sp³-hybridized carbons (Fsp3) is 0.385. The molecular formula is C13H15NO2. The third-order valence-corrected chi connectivity index (χ3v) is 1.91. The maximum Gasteiger partial charge on any atom is 0.163 e. The van der Waals surface area contributed by atoms with E-state index in [-0.39, 0.29) is 5.78 Å². The van der Waals surface area contributed by atoms with Gasteiger partial charge in [0.2, 0.25) is 0 Å². The van der Waals surface area contributed by atoms with Gasteiger partial charge >= 0.3 is 0 Å². The Balaban J connectivity index is 3.22. The van der Waals surface area contributed by atoms with E-state index in [0.29, 0.717) is 16.9 Å². The van der Waals surface area contributed by atoms with Crippen molar-refractivity contribution in [2.45, 2.75) is 33.3 Å². The molecule has 84 valence electrons. The van der Waals surface area contributed by atoms with Gasteiger partial charge in [-0.3, -0.25) is 4.79 Å². The Morgan fingerprint density at radius 1 is 1.38 bits per heavy atom. The van der Waals surface area contributed by atoms with Gasteiger partial charge < -0.3 is 4.74 Å². The Hall–Kier alpha value is -1.82. The molecule has 0 bridgehead atoms. The average molecular weight is 217 g/mol. The number of ketones is 1. The van der Waals surface area contributed by atoms with Gasteiger partial charge in [-0.2, -0.15) is 5.26 Å². The Morgan fingerprint density at radius 3 is 2.44 bits per heavy atom. The van der Waals surface area contributed by atoms with E-state index in [0.717, 1.165) is 0 Å². The first-order chi connectivity index (χ1) is 7.33. The molecule has 0 N–H and O–H groups in total. The van der Waals surface area contributed by atoms with Crippen molar-refractivity contribution in [1.82, 2.24) is 0 Å². The molecule has 0 aromatic heterocycles. The summed E-state index contributed by atoms with van der Waals surface area (Å²) < 4.78 is 5.66. The second-order valence-corrected chi connectivity index (χ2v) is 4.59. The predicted molar refractivity (Wildman–Crippen MR) is 61.5 cm³/mol. The molecule has 0 saturated carbocycles. The van der Waals surface area contributed by atoms with E-state index in [2.05, 4.69) is 0 Å². The Labute approximate surface area is 95.7 Å². The SMILES string of the molecule is CC(=O)c1ccc(C#N)cc1OC(C)(C)C. The molecule has 1 rings (SSSR count). The lowest BCUT2D eigenvalue weighted by molar-refractivity contribution is 0.0990. The van der Waals surface area contributed by atoms with Crippen LogP contribution >= 0.6 is 0 Å². The fourth-order valence-electron chi connectivity index (χ4n) is 1.30. The number of carbonyl (C=O) groups excluding carboxylic acids is 1. The first kappa shape index (κ1) is 12.3. The van der Waals surface area contributed by atoms with Crippen LogP contribution in [0, 0.1) is 11.3 Å². The second-order valence-electron chi connectivity index (χ2n) is 4.59. The highest BCUT2D eigenvalue weighted by molar-refractivity contribution is 5.97. The maximum absolute atomic E-state index is 11.4. The number of ether oxygens (including phenoxy) is 1. The minimum absolute atomic E-state index is 0.0660. The van der Waals surface area contributed by atoms with Crippen molar-refractivity contribution in [3.8, 4) is 11.8 Å². The lowest BCUT2D eigenvalue weighted by Gasteiger charge is -2.22. The van der Waals surface area contributed by atoms with E-state index in [1.165, 1.54) is 6.92 Å². The van der Waals surface area contributed by atoms with Gasteiger partial charge in [0.05, 0.1) is 17.2 Å². The smallest absolute Gasteiger partial charge is 0.163 e. The summed E-state index contributed by atoms with van der Waals surface area (Å²) in [5.41, 5.74) is 0.608. The fourth-order valence-corrected chi connectivity index (χ4v) is 1.30. The highest BCUT2D eigenvalue weighted by Gasteiger charge is 2.17. The zero-order valence-electron chi connectivity index (χ0n) is 10.00. The van der Waals surface area contributed by atoms with Crippen LogP contribution < -0.4 is 4.74 Å². The molecule has 1 aromatic rings. The van der Waals surface area contributed by atoms with Crippen LogP contribution in [0.1, 0.15) is 43.6 Å². The molecule has 0 amide bonds. The lowest BCUT2D eigenvalue weighted by Crippen LogP contribution is -2.24. The van der Waals surface area contributed by atoms with Crippen molar-refractivity contribution < 1.29 is 9.53 Å². The van der Waals surface area contributed by atoms with E-state index >= 15 is 0 Å². The minimum atomic E-state index is -0.391. The number of benzene rings is 1. The zero-order valence-corrected chi connectivity index (χ0v) is 10.00. The average Bonchev–Trinajstić information content (AvgIpc) is 2.14. The first-order valence-electron chi connectivity index (χ1n) is 5.07. The van der Waals surface area contributed by atoms with Crippen LogP contribution in [0.3, 0.4) is 0 Å². The highest BCUT2D eigenvalue weighted by Crippen LogP contribution is 2.25. The molecule has 0 radical (unpaired) electrons. The molecule has 0 atom stereocenters.